The van der Waals surface area contributed by atoms with Gasteiger partial charge in [0.1, 0.15) is 4.88 Å². The van der Waals surface area contributed by atoms with E-state index in [-0.39, 0.29) is 10.8 Å². The SMILES string of the molecule is Cc1noc(CCCC(=O)NCc2ccc(C(=O)O)s2)n1. The first-order valence-electron chi connectivity index (χ1n) is 6.42. The molecule has 112 valence electrons. The number of nitrogens with one attached hydrogen (secondary N) is 1. The molecule has 2 rings (SSSR count). The Morgan fingerprint density at radius 1 is 1.43 bits per heavy atom. The Morgan fingerprint density at radius 2 is 2.24 bits per heavy atom. The van der Waals surface area contributed by atoms with Crippen molar-refractivity contribution in [2.75, 3.05) is 0 Å². The maximum Gasteiger partial charge on any atom is 0.345 e. The molecule has 0 aliphatic carbocycles. The highest BCUT2D eigenvalue weighted by Crippen LogP contribution is 2.16. The van der Waals surface area contributed by atoms with Crippen molar-refractivity contribution >= 4 is 23.2 Å². The summed E-state index contributed by atoms with van der Waals surface area (Å²) >= 11 is 1.16. The number of carbonyl (C=O) groups is 2. The molecule has 0 aromatic carbocycles. The molecule has 0 spiro atoms. The van der Waals surface area contributed by atoms with Gasteiger partial charge in [-0.05, 0) is 25.5 Å². The number of amides is 1. The van der Waals surface area contributed by atoms with Crippen LogP contribution in [-0.4, -0.2) is 27.1 Å². The smallest absolute Gasteiger partial charge is 0.345 e. The molecule has 8 heteroatoms. The molecule has 0 atom stereocenters. The Bertz CT molecular complexity index is 635. The van der Waals surface area contributed by atoms with Crippen LogP contribution in [0.3, 0.4) is 0 Å². The number of aryl methyl sites for hydroxylation is 2. The number of thiophene rings is 1. The van der Waals surface area contributed by atoms with E-state index in [9.17, 15) is 9.59 Å². The highest BCUT2D eigenvalue weighted by atomic mass is 32.1. The molecule has 0 aliphatic rings. The lowest BCUT2D eigenvalue weighted by Crippen LogP contribution is -2.22. The summed E-state index contributed by atoms with van der Waals surface area (Å²) in [5.74, 6) is 0.0787. The Hall–Kier alpha value is -2.22. The van der Waals surface area contributed by atoms with Crippen molar-refractivity contribution in [3.8, 4) is 0 Å². The lowest BCUT2D eigenvalue weighted by Gasteiger charge is -2.02. The van der Waals surface area contributed by atoms with Crippen LogP contribution in [0.25, 0.3) is 0 Å². The largest absolute Gasteiger partial charge is 0.477 e. The number of carbonyl (C=O) groups excluding carboxylic acids is 1. The molecule has 7 nitrogen and oxygen atoms in total. The highest BCUT2D eigenvalue weighted by Gasteiger charge is 2.09. The Labute approximate surface area is 125 Å². The van der Waals surface area contributed by atoms with Crippen LogP contribution < -0.4 is 5.32 Å². The van der Waals surface area contributed by atoms with Gasteiger partial charge in [-0.25, -0.2) is 4.79 Å². The van der Waals surface area contributed by atoms with Gasteiger partial charge in [-0.1, -0.05) is 5.16 Å². The Balaban J connectivity index is 1.68. The molecular weight excluding hydrogens is 294 g/mol. The van der Waals surface area contributed by atoms with Crippen LogP contribution in [0.4, 0.5) is 0 Å². The average Bonchev–Trinajstić information content (AvgIpc) is 3.05. The molecule has 0 radical (unpaired) electrons. The predicted octanol–water partition coefficient (Wildman–Crippen LogP) is 1.78. The van der Waals surface area contributed by atoms with Crippen molar-refractivity contribution in [1.82, 2.24) is 15.5 Å². The van der Waals surface area contributed by atoms with Crippen LogP contribution in [0.5, 0.6) is 0 Å². The Morgan fingerprint density at radius 3 is 2.86 bits per heavy atom. The van der Waals surface area contributed by atoms with Crippen LogP contribution in [0.15, 0.2) is 16.7 Å². The molecule has 21 heavy (non-hydrogen) atoms. The van der Waals surface area contributed by atoms with Gasteiger partial charge in [0.15, 0.2) is 5.82 Å². The number of rotatable bonds is 7. The van der Waals surface area contributed by atoms with E-state index < -0.39 is 5.97 Å². The zero-order chi connectivity index (χ0) is 15.2. The van der Waals surface area contributed by atoms with E-state index in [4.69, 9.17) is 9.63 Å². The molecule has 2 aromatic heterocycles. The third-order valence-electron chi connectivity index (χ3n) is 2.70. The molecule has 0 aliphatic heterocycles. The number of carboxylic acids is 1. The molecule has 0 unspecified atom stereocenters. The Kier molecular flexibility index (Phi) is 5.04. The zero-order valence-electron chi connectivity index (χ0n) is 11.5. The van der Waals surface area contributed by atoms with Gasteiger partial charge in [0.25, 0.3) is 0 Å². The van der Waals surface area contributed by atoms with Crippen molar-refractivity contribution < 1.29 is 19.2 Å². The maximum absolute atomic E-state index is 11.7. The molecule has 0 saturated carbocycles. The fourth-order valence-corrected chi connectivity index (χ4v) is 2.49. The first-order chi connectivity index (χ1) is 10.0. The van der Waals surface area contributed by atoms with Gasteiger partial charge < -0.3 is 14.9 Å². The van der Waals surface area contributed by atoms with Gasteiger partial charge in [0, 0.05) is 17.7 Å². The zero-order valence-corrected chi connectivity index (χ0v) is 12.3. The van der Waals surface area contributed by atoms with Crippen molar-refractivity contribution in [2.45, 2.75) is 32.7 Å². The topological polar surface area (TPSA) is 105 Å². The quantitative estimate of drug-likeness (QED) is 0.807. The number of nitrogens with zero attached hydrogens (tertiary/aromatic N) is 2. The summed E-state index contributed by atoms with van der Waals surface area (Å²) in [6.07, 6.45) is 1.55. The van der Waals surface area contributed by atoms with Gasteiger partial charge in [-0.15, -0.1) is 11.3 Å². The molecule has 0 saturated heterocycles. The van der Waals surface area contributed by atoms with Crippen molar-refractivity contribution in [3.05, 3.63) is 33.6 Å². The van der Waals surface area contributed by atoms with Gasteiger partial charge in [0.2, 0.25) is 11.8 Å². The number of hydrogen-bond donors (Lipinski definition) is 2. The molecular formula is C13H15N3O4S. The normalized spacial score (nSPS) is 10.5. The molecule has 2 heterocycles. The summed E-state index contributed by atoms with van der Waals surface area (Å²) in [5, 5.41) is 15.2. The van der Waals surface area contributed by atoms with Crippen molar-refractivity contribution in [2.24, 2.45) is 0 Å². The monoisotopic (exact) mass is 309 g/mol. The fraction of sp³-hybridized carbons (Fsp3) is 0.385. The van der Waals surface area contributed by atoms with Crippen LogP contribution in [-0.2, 0) is 17.8 Å². The van der Waals surface area contributed by atoms with Crippen LogP contribution in [0.1, 0.15) is 39.1 Å². The molecule has 0 bridgehead atoms. The van der Waals surface area contributed by atoms with E-state index in [1.165, 1.54) is 6.07 Å². The van der Waals surface area contributed by atoms with Crippen LogP contribution >= 0.6 is 11.3 Å². The van der Waals surface area contributed by atoms with E-state index in [2.05, 4.69) is 15.5 Å². The minimum Gasteiger partial charge on any atom is -0.477 e. The first-order valence-corrected chi connectivity index (χ1v) is 7.24. The molecule has 1 amide bonds. The summed E-state index contributed by atoms with van der Waals surface area (Å²) in [5.41, 5.74) is 0. The molecule has 0 fully saturated rings. The predicted molar refractivity (Wildman–Crippen MR) is 75.1 cm³/mol. The van der Waals surface area contributed by atoms with Gasteiger partial charge in [-0.2, -0.15) is 4.98 Å². The lowest BCUT2D eigenvalue weighted by atomic mass is 10.2. The maximum atomic E-state index is 11.7. The number of carboxylic acid groups (broad SMARTS) is 1. The van der Waals surface area contributed by atoms with Crippen LogP contribution in [0, 0.1) is 6.92 Å². The number of hydrogen-bond acceptors (Lipinski definition) is 6. The van der Waals surface area contributed by atoms with Crippen molar-refractivity contribution in [1.29, 1.82) is 0 Å². The minimum absolute atomic E-state index is 0.0866. The second-order valence-corrected chi connectivity index (χ2v) is 5.61. The standard InChI is InChI=1S/C13H15N3O4S/c1-8-15-12(20-16-8)4-2-3-11(17)14-7-9-5-6-10(21-9)13(18)19/h5-6H,2-4,7H2,1H3,(H,14,17)(H,18,19). The lowest BCUT2D eigenvalue weighted by molar-refractivity contribution is -0.121. The van der Waals surface area contributed by atoms with Gasteiger partial charge >= 0.3 is 5.97 Å². The van der Waals surface area contributed by atoms with E-state index in [0.717, 1.165) is 16.2 Å². The summed E-state index contributed by atoms with van der Waals surface area (Å²) in [4.78, 5) is 27.5. The van der Waals surface area contributed by atoms with E-state index >= 15 is 0 Å². The van der Waals surface area contributed by atoms with Gasteiger partial charge in [-0.3, -0.25) is 4.79 Å². The van der Waals surface area contributed by atoms with Crippen molar-refractivity contribution in [3.63, 3.8) is 0 Å². The average molecular weight is 309 g/mol. The number of aromatic carboxylic acids is 1. The second-order valence-electron chi connectivity index (χ2n) is 4.44. The summed E-state index contributed by atoms with van der Waals surface area (Å²) in [6, 6.07) is 3.24. The van der Waals surface area contributed by atoms with E-state index in [1.54, 1.807) is 13.0 Å². The summed E-state index contributed by atoms with van der Waals surface area (Å²) in [7, 11) is 0. The summed E-state index contributed by atoms with van der Waals surface area (Å²) in [6.45, 7) is 2.09. The minimum atomic E-state index is -0.951. The first kappa shape index (κ1) is 15.2. The highest BCUT2D eigenvalue weighted by molar-refractivity contribution is 7.13. The van der Waals surface area contributed by atoms with Crippen LogP contribution in [0.2, 0.25) is 0 Å². The third-order valence-corrected chi connectivity index (χ3v) is 3.77. The fourth-order valence-electron chi connectivity index (χ4n) is 1.70. The molecule has 2 N–H and O–H groups in total. The third kappa shape index (κ3) is 4.67. The molecule has 2 aromatic rings. The van der Waals surface area contributed by atoms with E-state index in [0.29, 0.717) is 37.5 Å². The van der Waals surface area contributed by atoms with E-state index in [1.807, 2.05) is 0 Å². The van der Waals surface area contributed by atoms with Gasteiger partial charge in [0.05, 0.1) is 6.54 Å². The second kappa shape index (κ2) is 6.98. The number of aromatic nitrogens is 2. The summed E-state index contributed by atoms with van der Waals surface area (Å²) < 4.78 is 4.95.